The Labute approximate surface area is 110 Å². The van der Waals surface area contributed by atoms with Crippen LogP contribution < -0.4 is 5.32 Å². The molecule has 0 aliphatic heterocycles. The Hall–Kier alpha value is 0.390. The molecule has 0 fully saturated rings. The zero-order chi connectivity index (χ0) is 10.8. The van der Waals surface area contributed by atoms with Crippen molar-refractivity contribution in [2.75, 3.05) is 0 Å². The van der Waals surface area contributed by atoms with Crippen LogP contribution >= 0.6 is 33.9 Å². The van der Waals surface area contributed by atoms with E-state index in [9.17, 15) is 0 Å². The molecule has 0 bridgehead atoms. The maximum absolute atomic E-state index is 3.74. The molecule has 0 radical (unpaired) electrons. The summed E-state index contributed by atoms with van der Waals surface area (Å²) >= 11 is 4.42. The second-order valence-electron chi connectivity index (χ2n) is 4.35. The van der Waals surface area contributed by atoms with Gasteiger partial charge in [-0.05, 0) is 66.8 Å². The minimum absolute atomic E-state index is 0.614. The van der Waals surface area contributed by atoms with Crippen LogP contribution in [0.15, 0.2) is 6.07 Å². The molecule has 1 aliphatic rings. The second-order valence-corrected chi connectivity index (χ2v) is 7.38. The van der Waals surface area contributed by atoms with Crippen molar-refractivity contribution < 1.29 is 0 Å². The topological polar surface area (TPSA) is 12.0 Å². The Morgan fingerprint density at radius 1 is 1.67 bits per heavy atom. The molecule has 2 rings (SSSR count). The van der Waals surface area contributed by atoms with Gasteiger partial charge in [-0.2, -0.15) is 0 Å². The van der Waals surface area contributed by atoms with Gasteiger partial charge in [0.05, 0.1) is 2.88 Å². The van der Waals surface area contributed by atoms with Crippen LogP contribution in [-0.2, 0) is 6.42 Å². The van der Waals surface area contributed by atoms with Crippen LogP contribution in [0.3, 0.4) is 0 Å². The number of thiophene rings is 1. The van der Waals surface area contributed by atoms with Crippen molar-refractivity contribution in [3.8, 4) is 0 Å². The van der Waals surface area contributed by atoms with Gasteiger partial charge < -0.3 is 5.32 Å². The average molecular weight is 335 g/mol. The van der Waals surface area contributed by atoms with Crippen molar-refractivity contribution in [1.82, 2.24) is 5.32 Å². The maximum Gasteiger partial charge on any atom is 0.0659 e. The summed E-state index contributed by atoms with van der Waals surface area (Å²) in [5, 5.41) is 3.74. The summed E-state index contributed by atoms with van der Waals surface area (Å²) in [5.74, 6) is 0. The van der Waals surface area contributed by atoms with E-state index in [4.69, 9.17) is 0 Å². The molecule has 1 heterocycles. The van der Waals surface area contributed by atoms with Crippen molar-refractivity contribution in [2.45, 2.75) is 51.6 Å². The van der Waals surface area contributed by atoms with E-state index in [1.165, 1.54) is 28.6 Å². The molecular weight excluding hydrogens is 317 g/mol. The summed E-state index contributed by atoms with van der Waals surface area (Å²) < 4.78 is 1.44. The van der Waals surface area contributed by atoms with Crippen LogP contribution in [0.5, 0.6) is 0 Å². The lowest BCUT2D eigenvalue weighted by molar-refractivity contribution is 0.405. The molecular formula is C12H18INS. The standard InChI is InChI=1S/C12H18INS/c1-3-8(2)14-10-5-4-6-11-9(10)7-12(13)15-11/h7-8,10,14H,3-6H2,1-2H3. The largest absolute Gasteiger partial charge is 0.307 e. The van der Waals surface area contributed by atoms with E-state index in [1.807, 2.05) is 11.3 Å². The molecule has 1 nitrogen and oxygen atoms in total. The molecule has 15 heavy (non-hydrogen) atoms. The highest BCUT2D eigenvalue weighted by atomic mass is 127. The van der Waals surface area contributed by atoms with E-state index in [-0.39, 0.29) is 0 Å². The normalized spacial score (nSPS) is 22.5. The van der Waals surface area contributed by atoms with Gasteiger partial charge in [0.2, 0.25) is 0 Å². The molecule has 1 aliphatic carbocycles. The number of rotatable bonds is 3. The Bertz CT molecular complexity index is 334. The van der Waals surface area contributed by atoms with Crippen LogP contribution in [0.25, 0.3) is 0 Å². The third-order valence-corrected chi connectivity index (χ3v) is 5.15. The van der Waals surface area contributed by atoms with Gasteiger partial charge in [-0.15, -0.1) is 11.3 Å². The number of hydrogen-bond donors (Lipinski definition) is 1. The summed E-state index contributed by atoms with van der Waals surface area (Å²) in [7, 11) is 0. The smallest absolute Gasteiger partial charge is 0.0659 e. The molecule has 0 saturated heterocycles. The van der Waals surface area contributed by atoms with Crippen LogP contribution in [0, 0.1) is 2.88 Å². The van der Waals surface area contributed by atoms with Crippen LogP contribution in [-0.4, -0.2) is 6.04 Å². The molecule has 0 amide bonds. The minimum Gasteiger partial charge on any atom is -0.307 e. The van der Waals surface area contributed by atoms with Crippen molar-refractivity contribution >= 4 is 33.9 Å². The van der Waals surface area contributed by atoms with E-state index in [0.29, 0.717) is 12.1 Å². The van der Waals surface area contributed by atoms with Crippen molar-refractivity contribution in [1.29, 1.82) is 0 Å². The van der Waals surface area contributed by atoms with E-state index < -0.39 is 0 Å². The van der Waals surface area contributed by atoms with Crippen LogP contribution in [0.4, 0.5) is 0 Å². The van der Waals surface area contributed by atoms with Gasteiger partial charge in [0, 0.05) is 17.0 Å². The van der Waals surface area contributed by atoms with Gasteiger partial charge in [0.1, 0.15) is 0 Å². The van der Waals surface area contributed by atoms with Gasteiger partial charge in [-0.1, -0.05) is 6.92 Å². The fourth-order valence-corrected chi connectivity index (χ4v) is 4.28. The van der Waals surface area contributed by atoms with Crippen LogP contribution in [0.2, 0.25) is 0 Å². The molecule has 3 heteroatoms. The molecule has 2 unspecified atom stereocenters. The number of fused-ring (bicyclic) bond motifs is 1. The van der Waals surface area contributed by atoms with Crippen molar-refractivity contribution in [3.63, 3.8) is 0 Å². The Kier molecular flexibility index (Phi) is 4.07. The molecule has 0 spiro atoms. The molecule has 0 saturated carbocycles. The SMILES string of the molecule is CCC(C)NC1CCCc2sc(I)cc21. The highest BCUT2D eigenvalue weighted by Gasteiger charge is 2.23. The van der Waals surface area contributed by atoms with Crippen molar-refractivity contribution in [3.05, 3.63) is 19.4 Å². The van der Waals surface area contributed by atoms with E-state index in [0.717, 1.165) is 0 Å². The first-order chi connectivity index (χ1) is 7.20. The molecule has 0 aromatic carbocycles. The van der Waals surface area contributed by atoms with Gasteiger partial charge >= 0.3 is 0 Å². The molecule has 84 valence electrons. The minimum atomic E-state index is 0.614. The zero-order valence-corrected chi connectivity index (χ0v) is 12.3. The number of halogens is 1. The van der Waals surface area contributed by atoms with Gasteiger partial charge in [-0.3, -0.25) is 0 Å². The second kappa shape index (κ2) is 5.15. The number of hydrogen-bond acceptors (Lipinski definition) is 2. The summed E-state index contributed by atoms with van der Waals surface area (Å²) in [4.78, 5) is 1.62. The van der Waals surface area contributed by atoms with E-state index in [2.05, 4.69) is 47.8 Å². The summed E-state index contributed by atoms with van der Waals surface area (Å²) in [6, 6.07) is 3.63. The molecule has 1 aromatic heterocycles. The molecule has 2 atom stereocenters. The summed E-state index contributed by atoms with van der Waals surface area (Å²) in [6.45, 7) is 4.53. The van der Waals surface area contributed by atoms with E-state index >= 15 is 0 Å². The third-order valence-electron chi connectivity index (χ3n) is 3.18. The average Bonchev–Trinajstić information content (AvgIpc) is 2.59. The third kappa shape index (κ3) is 2.74. The Balaban J connectivity index is 2.14. The maximum atomic E-state index is 3.74. The van der Waals surface area contributed by atoms with Gasteiger partial charge in [0.25, 0.3) is 0 Å². The van der Waals surface area contributed by atoms with Gasteiger partial charge in [0.15, 0.2) is 0 Å². The first kappa shape index (κ1) is 11.9. The fourth-order valence-electron chi connectivity index (χ4n) is 2.16. The quantitative estimate of drug-likeness (QED) is 0.820. The number of aryl methyl sites for hydroxylation is 1. The van der Waals surface area contributed by atoms with Crippen molar-refractivity contribution in [2.24, 2.45) is 0 Å². The zero-order valence-electron chi connectivity index (χ0n) is 9.35. The predicted octanol–water partition coefficient (Wildman–Crippen LogP) is 4.12. The highest BCUT2D eigenvalue weighted by molar-refractivity contribution is 14.1. The summed E-state index contributed by atoms with van der Waals surface area (Å²) in [5.41, 5.74) is 1.58. The Morgan fingerprint density at radius 2 is 2.47 bits per heavy atom. The first-order valence-corrected chi connectivity index (χ1v) is 7.64. The van der Waals surface area contributed by atoms with Crippen LogP contribution in [0.1, 0.15) is 49.6 Å². The summed E-state index contributed by atoms with van der Waals surface area (Å²) in [6.07, 6.45) is 5.16. The lowest BCUT2D eigenvalue weighted by Crippen LogP contribution is -2.31. The lowest BCUT2D eigenvalue weighted by atomic mass is 9.93. The Morgan fingerprint density at radius 3 is 3.20 bits per heavy atom. The molecule has 1 aromatic rings. The fraction of sp³-hybridized carbons (Fsp3) is 0.667. The monoisotopic (exact) mass is 335 g/mol. The molecule has 1 N–H and O–H groups in total. The predicted molar refractivity (Wildman–Crippen MR) is 75.6 cm³/mol. The van der Waals surface area contributed by atoms with Gasteiger partial charge in [-0.25, -0.2) is 0 Å². The highest BCUT2D eigenvalue weighted by Crippen LogP contribution is 2.36. The number of nitrogens with one attached hydrogen (secondary N) is 1. The van der Waals surface area contributed by atoms with E-state index in [1.54, 1.807) is 10.4 Å². The first-order valence-electron chi connectivity index (χ1n) is 5.75. The lowest BCUT2D eigenvalue weighted by Gasteiger charge is -2.26.